The minimum absolute atomic E-state index is 0.0306. The summed E-state index contributed by atoms with van der Waals surface area (Å²) in [5, 5.41) is 3.38. The molecule has 0 aromatic heterocycles. The maximum absolute atomic E-state index is 13.7. The number of hydrogen-bond acceptors (Lipinski definition) is 4. The van der Waals surface area contributed by atoms with E-state index in [9.17, 15) is 4.39 Å². The van der Waals surface area contributed by atoms with Gasteiger partial charge >= 0.3 is 0 Å². The minimum atomic E-state index is -0.343. The van der Waals surface area contributed by atoms with Crippen molar-refractivity contribution in [1.82, 2.24) is 5.32 Å². The molecule has 1 N–H and O–H groups in total. The predicted octanol–water partition coefficient (Wildman–Crippen LogP) is 2.29. The summed E-state index contributed by atoms with van der Waals surface area (Å²) >= 11 is 0. The van der Waals surface area contributed by atoms with E-state index in [2.05, 4.69) is 5.32 Å². The van der Waals surface area contributed by atoms with Crippen LogP contribution < -0.4 is 10.1 Å². The van der Waals surface area contributed by atoms with E-state index < -0.39 is 0 Å². The first-order valence-corrected chi connectivity index (χ1v) is 6.80. The molecule has 1 aliphatic heterocycles. The summed E-state index contributed by atoms with van der Waals surface area (Å²) in [6.07, 6.45) is 0.875. The Balaban J connectivity index is 1.97. The van der Waals surface area contributed by atoms with Gasteiger partial charge in [0, 0.05) is 32.7 Å². The lowest BCUT2D eigenvalue weighted by molar-refractivity contribution is -0.0172. The normalized spacial score (nSPS) is 23.8. The predicted molar refractivity (Wildman–Crippen MR) is 74.5 cm³/mol. The Morgan fingerprint density at radius 3 is 2.80 bits per heavy atom. The second-order valence-corrected chi connectivity index (χ2v) is 5.19. The first kappa shape index (κ1) is 15.2. The standard InChI is InChI=1S/C15H22FNO3/c1-11(12-4-5-14(18-2)13(16)8-12)17-9-15(19-3)6-7-20-10-15/h4-5,8,11,17H,6-7,9-10H2,1-3H3. The fourth-order valence-corrected chi connectivity index (χ4v) is 2.37. The lowest BCUT2D eigenvalue weighted by Gasteiger charge is -2.28. The van der Waals surface area contributed by atoms with Crippen molar-refractivity contribution in [2.75, 3.05) is 34.0 Å². The molecule has 2 unspecified atom stereocenters. The second kappa shape index (κ2) is 6.52. The van der Waals surface area contributed by atoms with Gasteiger partial charge in [-0.1, -0.05) is 6.07 Å². The van der Waals surface area contributed by atoms with Gasteiger partial charge in [0.15, 0.2) is 11.6 Å². The summed E-state index contributed by atoms with van der Waals surface area (Å²) in [7, 11) is 3.16. The van der Waals surface area contributed by atoms with Gasteiger partial charge in [-0.05, 0) is 24.6 Å². The summed E-state index contributed by atoms with van der Waals surface area (Å²) in [6.45, 7) is 4.00. The summed E-state index contributed by atoms with van der Waals surface area (Å²) in [6, 6.07) is 5.04. The summed E-state index contributed by atoms with van der Waals surface area (Å²) in [5.41, 5.74) is 0.618. The highest BCUT2D eigenvalue weighted by Gasteiger charge is 2.34. The van der Waals surface area contributed by atoms with Crippen molar-refractivity contribution in [3.63, 3.8) is 0 Å². The molecule has 0 bridgehead atoms. The average Bonchev–Trinajstić information content (AvgIpc) is 2.94. The molecule has 0 radical (unpaired) electrons. The Hall–Kier alpha value is -1.17. The number of hydrogen-bond donors (Lipinski definition) is 1. The third-order valence-corrected chi connectivity index (χ3v) is 3.91. The van der Waals surface area contributed by atoms with Crippen LogP contribution in [0.1, 0.15) is 24.9 Å². The number of nitrogens with one attached hydrogen (secondary N) is 1. The van der Waals surface area contributed by atoms with E-state index in [0.29, 0.717) is 13.2 Å². The lowest BCUT2D eigenvalue weighted by atomic mass is 10.0. The fraction of sp³-hybridized carbons (Fsp3) is 0.600. The monoisotopic (exact) mass is 283 g/mol. The summed E-state index contributed by atoms with van der Waals surface area (Å²) in [5.74, 6) is -0.0807. The first-order valence-electron chi connectivity index (χ1n) is 6.80. The first-order chi connectivity index (χ1) is 9.60. The van der Waals surface area contributed by atoms with Gasteiger partial charge in [-0.25, -0.2) is 4.39 Å². The van der Waals surface area contributed by atoms with Crippen molar-refractivity contribution >= 4 is 0 Å². The molecule has 1 aromatic carbocycles. The van der Waals surface area contributed by atoms with Crippen LogP contribution in [-0.4, -0.2) is 39.6 Å². The Morgan fingerprint density at radius 1 is 1.45 bits per heavy atom. The highest BCUT2D eigenvalue weighted by atomic mass is 19.1. The van der Waals surface area contributed by atoms with Gasteiger partial charge in [-0.3, -0.25) is 0 Å². The zero-order chi connectivity index (χ0) is 14.6. The van der Waals surface area contributed by atoms with Crippen molar-refractivity contribution in [2.24, 2.45) is 0 Å². The SMILES string of the molecule is COc1ccc(C(C)NCC2(OC)CCOC2)cc1F. The highest BCUT2D eigenvalue weighted by molar-refractivity contribution is 5.30. The molecule has 0 aliphatic carbocycles. The van der Waals surface area contributed by atoms with Gasteiger partial charge in [-0.2, -0.15) is 0 Å². The van der Waals surface area contributed by atoms with E-state index in [0.717, 1.165) is 18.6 Å². The topological polar surface area (TPSA) is 39.7 Å². The van der Waals surface area contributed by atoms with Crippen LogP contribution >= 0.6 is 0 Å². The van der Waals surface area contributed by atoms with Gasteiger partial charge < -0.3 is 19.5 Å². The van der Waals surface area contributed by atoms with E-state index >= 15 is 0 Å². The van der Waals surface area contributed by atoms with Crippen LogP contribution in [0.15, 0.2) is 18.2 Å². The molecule has 1 saturated heterocycles. The molecule has 0 spiro atoms. The number of methoxy groups -OCH3 is 2. The maximum atomic E-state index is 13.7. The van der Waals surface area contributed by atoms with Crippen LogP contribution in [0.5, 0.6) is 5.75 Å². The van der Waals surface area contributed by atoms with Gasteiger partial charge in [0.1, 0.15) is 5.60 Å². The van der Waals surface area contributed by atoms with Gasteiger partial charge in [0.2, 0.25) is 0 Å². The van der Waals surface area contributed by atoms with Crippen LogP contribution in [0.25, 0.3) is 0 Å². The fourth-order valence-electron chi connectivity index (χ4n) is 2.37. The van der Waals surface area contributed by atoms with Crippen LogP contribution in [0, 0.1) is 5.82 Å². The Labute approximate surface area is 119 Å². The Morgan fingerprint density at radius 2 is 2.25 bits per heavy atom. The summed E-state index contributed by atoms with van der Waals surface area (Å²) < 4.78 is 29.6. The zero-order valence-electron chi connectivity index (χ0n) is 12.2. The number of benzene rings is 1. The third-order valence-electron chi connectivity index (χ3n) is 3.91. The van der Waals surface area contributed by atoms with Crippen LogP contribution in [0.4, 0.5) is 4.39 Å². The van der Waals surface area contributed by atoms with E-state index in [4.69, 9.17) is 14.2 Å². The van der Waals surface area contributed by atoms with Crippen molar-refractivity contribution in [1.29, 1.82) is 0 Å². The number of rotatable bonds is 6. The van der Waals surface area contributed by atoms with Crippen molar-refractivity contribution < 1.29 is 18.6 Å². The van der Waals surface area contributed by atoms with Crippen molar-refractivity contribution in [2.45, 2.75) is 25.0 Å². The molecule has 0 saturated carbocycles. The molecule has 0 amide bonds. The maximum Gasteiger partial charge on any atom is 0.165 e. The van der Waals surface area contributed by atoms with Crippen LogP contribution in [-0.2, 0) is 9.47 Å². The molecule has 4 nitrogen and oxygen atoms in total. The van der Waals surface area contributed by atoms with Gasteiger partial charge in [0.05, 0.1) is 13.7 Å². The molecule has 112 valence electrons. The largest absolute Gasteiger partial charge is 0.494 e. The van der Waals surface area contributed by atoms with Crippen molar-refractivity contribution in [3.05, 3.63) is 29.6 Å². The Bertz CT molecular complexity index is 447. The van der Waals surface area contributed by atoms with E-state index in [1.54, 1.807) is 13.2 Å². The summed E-state index contributed by atoms with van der Waals surface area (Å²) in [4.78, 5) is 0. The van der Waals surface area contributed by atoms with Crippen LogP contribution in [0.2, 0.25) is 0 Å². The second-order valence-electron chi connectivity index (χ2n) is 5.19. The smallest absolute Gasteiger partial charge is 0.165 e. The minimum Gasteiger partial charge on any atom is -0.494 e. The molecule has 20 heavy (non-hydrogen) atoms. The van der Waals surface area contributed by atoms with E-state index in [1.807, 2.05) is 13.0 Å². The number of halogens is 1. The molecule has 1 heterocycles. The molecule has 2 atom stereocenters. The quantitative estimate of drug-likeness (QED) is 0.869. The molecular formula is C15H22FNO3. The zero-order valence-corrected chi connectivity index (χ0v) is 12.2. The molecule has 2 rings (SSSR count). The third kappa shape index (κ3) is 3.29. The average molecular weight is 283 g/mol. The molecule has 1 aromatic rings. The number of ether oxygens (including phenoxy) is 3. The molecule has 1 aliphatic rings. The molecule has 1 fully saturated rings. The highest BCUT2D eigenvalue weighted by Crippen LogP contribution is 2.25. The van der Waals surface area contributed by atoms with Gasteiger partial charge in [0.25, 0.3) is 0 Å². The molecule has 5 heteroatoms. The Kier molecular flexibility index (Phi) is 4.96. The van der Waals surface area contributed by atoms with Crippen LogP contribution in [0.3, 0.4) is 0 Å². The lowest BCUT2D eigenvalue weighted by Crippen LogP contribution is -2.43. The van der Waals surface area contributed by atoms with E-state index in [-0.39, 0.29) is 23.2 Å². The van der Waals surface area contributed by atoms with Crippen molar-refractivity contribution in [3.8, 4) is 5.75 Å². The van der Waals surface area contributed by atoms with Gasteiger partial charge in [-0.15, -0.1) is 0 Å². The van der Waals surface area contributed by atoms with E-state index in [1.165, 1.54) is 13.2 Å². The molecular weight excluding hydrogens is 261 g/mol.